The highest BCUT2D eigenvalue weighted by atomic mass is 35.5. The van der Waals surface area contributed by atoms with Crippen LogP contribution < -0.4 is 35.0 Å². The molecule has 12 nitrogen and oxygen atoms in total. The number of benzene rings is 3. The molecule has 4 N–H and O–H groups in total. The Kier molecular flexibility index (Phi) is 11.5. The zero-order valence-corrected chi connectivity index (χ0v) is 26.0. The second-order valence-corrected chi connectivity index (χ2v) is 10.2. The number of nitrogens with one attached hydrogen (secondary N) is 3. The number of hydrogen-bond acceptors (Lipinski definition) is 10. The average molecular weight is 639 g/mol. The third-order valence-electron chi connectivity index (χ3n) is 6.58. The second kappa shape index (κ2) is 15.7. The van der Waals surface area contributed by atoms with E-state index in [2.05, 4.69) is 21.2 Å². The van der Waals surface area contributed by atoms with Crippen LogP contribution in [-0.2, 0) is 16.1 Å². The largest absolute Gasteiger partial charge is 0.493 e. The van der Waals surface area contributed by atoms with Gasteiger partial charge in [-0.2, -0.15) is 5.10 Å². The van der Waals surface area contributed by atoms with Gasteiger partial charge >= 0.3 is 12.0 Å². The van der Waals surface area contributed by atoms with Crippen molar-refractivity contribution < 1.29 is 38.4 Å². The highest BCUT2D eigenvalue weighted by Crippen LogP contribution is 2.35. The van der Waals surface area contributed by atoms with Crippen molar-refractivity contribution >= 4 is 29.8 Å². The molecule has 1 heterocycles. The first-order chi connectivity index (χ1) is 21.7. The van der Waals surface area contributed by atoms with Gasteiger partial charge in [-0.1, -0.05) is 29.8 Å². The minimum Gasteiger partial charge on any atom is -0.493 e. The lowest BCUT2D eigenvalue weighted by Crippen LogP contribution is -2.45. The van der Waals surface area contributed by atoms with Crippen LogP contribution in [0.2, 0.25) is 5.02 Å². The molecule has 0 radical (unpaired) electrons. The van der Waals surface area contributed by atoms with E-state index in [9.17, 15) is 14.7 Å². The van der Waals surface area contributed by atoms with Crippen LogP contribution in [-0.4, -0.2) is 57.0 Å². The lowest BCUT2D eigenvalue weighted by molar-refractivity contribution is -0.136. The van der Waals surface area contributed by atoms with Crippen LogP contribution >= 0.6 is 11.6 Å². The van der Waals surface area contributed by atoms with Gasteiger partial charge in [-0.05, 0) is 73.0 Å². The molecule has 1 aliphatic heterocycles. The molecular formula is C32H35ClN4O8. The first-order valence-electron chi connectivity index (χ1n) is 14.0. The van der Waals surface area contributed by atoms with Gasteiger partial charge < -0.3 is 39.4 Å². The Bertz CT molecular complexity index is 1580. The van der Waals surface area contributed by atoms with Crippen molar-refractivity contribution in [2.24, 2.45) is 5.10 Å². The Morgan fingerprint density at radius 3 is 2.56 bits per heavy atom. The SMILES string of the molecule is CCOc1cc([C@@H]2NC(=O)NC(C)=C2C(=O)OC)ccc1OC[C@@H](O)N/N=C/c1ccc(OCc2cccc(Cl)c2)c(OC)c1. The standard InChI is InChI=1S/C32H35ClN4O8/c1-5-43-27-15-22(30-29(31(39)42-4)19(2)35-32(40)36-30)10-12-25(27)45-18-28(38)37-34-16-20-9-11-24(26(14-20)41-3)44-17-21-7-6-8-23(33)13-21/h6-16,28,30,37-38H,5,17-18H2,1-4H3,(H2,35,36,40)/b34-16+/t28-,30+/m1/s1. The molecule has 45 heavy (non-hydrogen) atoms. The van der Waals surface area contributed by atoms with Gasteiger partial charge in [0.2, 0.25) is 0 Å². The van der Waals surface area contributed by atoms with E-state index in [1.807, 2.05) is 25.1 Å². The molecule has 0 aliphatic carbocycles. The zero-order chi connectivity index (χ0) is 32.3. The number of carbonyl (C=O) groups is 2. The van der Waals surface area contributed by atoms with Crippen molar-refractivity contribution in [3.8, 4) is 23.0 Å². The average Bonchev–Trinajstić information content (AvgIpc) is 3.03. The maximum atomic E-state index is 12.4. The van der Waals surface area contributed by atoms with Crippen molar-refractivity contribution in [1.29, 1.82) is 0 Å². The van der Waals surface area contributed by atoms with Gasteiger partial charge in [-0.3, -0.25) is 5.43 Å². The minimum absolute atomic E-state index is 0.160. The Morgan fingerprint density at radius 1 is 1.04 bits per heavy atom. The summed E-state index contributed by atoms with van der Waals surface area (Å²) in [6.45, 7) is 3.93. The molecule has 0 saturated heterocycles. The molecule has 4 rings (SSSR count). The highest BCUT2D eigenvalue weighted by molar-refractivity contribution is 6.30. The van der Waals surface area contributed by atoms with Crippen molar-refractivity contribution in [3.05, 3.63) is 93.6 Å². The van der Waals surface area contributed by atoms with Gasteiger partial charge in [0.1, 0.15) is 13.2 Å². The van der Waals surface area contributed by atoms with Crippen molar-refractivity contribution in [3.63, 3.8) is 0 Å². The van der Waals surface area contributed by atoms with Crippen LogP contribution in [0.25, 0.3) is 0 Å². The van der Waals surface area contributed by atoms with Gasteiger partial charge in [-0.15, -0.1) is 0 Å². The van der Waals surface area contributed by atoms with E-state index in [0.29, 0.717) is 58.1 Å². The van der Waals surface area contributed by atoms with Crippen LogP contribution in [0.3, 0.4) is 0 Å². The van der Waals surface area contributed by atoms with E-state index in [1.54, 1.807) is 56.5 Å². The highest BCUT2D eigenvalue weighted by Gasteiger charge is 2.32. The molecule has 1 aliphatic rings. The van der Waals surface area contributed by atoms with Crippen molar-refractivity contribution in [1.82, 2.24) is 16.1 Å². The summed E-state index contributed by atoms with van der Waals surface area (Å²) in [7, 11) is 2.82. The Labute approximate surface area is 265 Å². The summed E-state index contributed by atoms with van der Waals surface area (Å²) in [5.41, 5.74) is 5.49. The number of aliphatic hydroxyl groups excluding tert-OH is 1. The fraction of sp³-hybridized carbons (Fsp3) is 0.281. The van der Waals surface area contributed by atoms with E-state index in [1.165, 1.54) is 13.3 Å². The number of methoxy groups -OCH3 is 2. The molecule has 3 aromatic rings. The zero-order valence-electron chi connectivity index (χ0n) is 25.3. The number of nitrogens with zero attached hydrogens (tertiary/aromatic N) is 1. The number of allylic oxidation sites excluding steroid dienone is 1. The number of amides is 2. The Balaban J connectivity index is 1.36. The summed E-state index contributed by atoms with van der Waals surface area (Å²) < 4.78 is 27.8. The molecule has 0 aromatic heterocycles. The molecule has 0 unspecified atom stereocenters. The van der Waals surface area contributed by atoms with Crippen LogP contribution in [0.1, 0.15) is 36.6 Å². The van der Waals surface area contributed by atoms with Gasteiger partial charge in [-0.25, -0.2) is 9.59 Å². The van der Waals surface area contributed by atoms with Gasteiger partial charge in [0.15, 0.2) is 29.2 Å². The number of aliphatic hydroxyl groups is 1. The molecule has 3 aromatic carbocycles. The van der Waals surface area contributed by atoms with Crippen LogP contribution in [0.4, 0.5) is 4.79 Å². The number of carbonyl (C=O) groups excluding carboxylic acids is 2. The number of urea groups is 1. The molecule has 13 heteroatoms. The Hall–Kier alpha value is -4.94. The summed E-state index contributed by atoms with van der Waals surface area (Å²) in [4.78, 5) is 24.6. The summed E-state index contributed by atoms with van der Waals surface area (Å²) in [6, 6.07) is 16.5. The lowest BCUT2D eigenvalue weighted by atomic mass is 9.95. The van der Waals surface area contributed by atoms with Gasteiger partial charge in [0.05, 0.1) is 38.7 Å². The molecule has 2 atom stereocenters. The summed E-state index contributed by atoms with van der Waals surface area (Å²) in [5, 5.41) is 20.5. The molecule has 0 bridgehead atoms. The number of hydrogen-bond donors (Lipinski definition) is 4. The van der Waals surface area contributed by atoms with Gasteiger partial charge in [0, 0.05) is 10.7 Å². The maximum absolute atomic E-state index is 12.4. The second-order valence-electron chi connectivity index (χ2n) is 9.74. The van der Waals surface area contributed by atoms with Crippen molar-refractivity contribution in [2.45, 2.75) is 32.7 Å². The monoisotopic (exact) mass is 638 g/mol. The molecule has 2 amide bonds. The predicted octanol–water partition coefficient (Wildman–Crippen LogP) is 4.45. The van der Waals surface area contributed by atoms with E-state index in [-0.39, 0.29) is 12.2 Å². The van der Waals surface area contributed by atoms with Crippen LogP contribution in [0, 0.1) is 0 Å². The summed E-state index contributed by atoms with van der Waals surface area (Å²) in [5.74, 6) is 1.22. The van der Waals surface area contributed by atoms with Crippen molar-refractivity contribution in [2.75, 3.05) is 27.4 Å². The first kappa shape index (κ1) is 33.0. The molecule has 0 fully saturated rings. The quantitative estimate of drug-likeness (QED) is 0.0870. The molecule has 0 spiro atoms. The minimum atomic E-state index is -1.15. The molecule has 0 saturated carbocycles. The first-order valence-corrected chi connectivity index (χ1v) is 14.4. The van der Waals surface area contributed by atoms with E-state index in [4.69, 9.17) is 35.3 Å². The molecule has 238 valence electrons. The fourth-order valence-electron chi connectivity index (χ4n) is 4.49. The fourth-order valence-corrected chi connectivity index (χ4v) is 4.70. The van der Waals surface area contributed by atoms with Gasteiger partial charge in [0.25, 0.3) is 0 Å². The van der Waals surface area contributed by atoms with E-state index < -0.39 is 24.3 Å². The predicted molar refractivity (Wildman–Crippen MR) is 168 cm³/mol. The number of rotatable bonds is 14. The number of esters is 1. The maximum Gasteiger partial charge on any atom is 0.337 e. The third kappa shape index (κ3) is 8.80. The summed E-state index contributed by atoms with van der Waals surface area (Å²) >= 11 is 6.05. The Morgan fingerprint density at radius 2 is 1.82 bits per heavy atom. The normalized spacial score (nSPS) is 15.2. The number of hydrazone groups is 1. The van der Waals surface area contributed by atoms with Crippen LogP contribution in [0.5, 0.6) is 23.0 Å². The molecular weight excluding hydrogens is 604 g/mol. The third-order valence-corrected chi connectivity index (χ3v) is 6.82. The summed E-state index contributed by atoms with van der Waals surface area (Å²) in [6.07, 6.45) is 0.368. The number of ether oxygens (including phenoxy) is 5. The van der Waals surface area contributed by atoms with E-state index >= 15 is 0 Å². The number of halogens is 1. The van der Waals surface area contributed by atoms with Crippen LogP contribution in [0.15, 0.2) is 77.0 Å². The lowest BCUT2D eigenvalue weighted by Gasteiger charge is -2.28. The van der Waals surface area contributed by atoms with E-state index in [0.717, 1.165) is 5.56 Å². The smallest absolute Gasteiger partial charge is 0.337 e. The topological polar surface area (TPSA) is 149 Å².